The van der Waals surface area contributed by atoms with Crippen LogP contribution in [0.1, 0.15) is 46.1 Å². The van der Waals surface area contributed by atoms with E-state index in [1.807, 2.05) is 23.1 Å². The van der Waals surface area contributed by atoms with E-state index in [0.29, 0.717) is 19.0 Å². The van der Waals surface area contributed by atoms with Gasteiger partial charge in [0.2, 0.25) is 11.8 Å². The molecular formula is C21H33N3O2. The molecule has 0 spiro atoms. The Morgan fingerprint density at radius 2 is 1.77 bits per heavy atom. The van der Waals surface area contributed by atoms with E-state index in [9.17, 15) is 9.59 Å². The Balaban J connectivity index is 1.88. The van der Waals surface area contributed by atoms with E-state index in [2.05, 4.69) is 43.1 Å². The topological polar surface area (TPSA) is 52.7 Å². The van der Waals surface area contributed by atoms with Crippen LogP contribution in [0.4, 0.5) is 0 Å². The Morgan fingerprint density at radius 3 is 2.31 bits per heavy atom. The first-order valence-electron chi connectivity index (χ1n) is 9.57. The van der Waals surface area contributed by atoms with Crippen LogP contribution in [-0.4, -0.2) is 53.3 Å². The molecule has 5 heteroatoms. The van der Waals surface area contributed by atoms with E-state index >= 15 is 0 Å². The minimum absolute atomic E-state index is 0.0318. The first-order chi connectivity index (χ1) is 12.3. The van der Waals surface area contributed by atoms with Gasteiger partial charge in [-0.3, -0.25) is 14.5 Å². The van der Waals surface area contributed by atoms with Crippen molar-refractivity contribution in [3.05, 3.63) is 35.9 Å². The highest BCUT2D eigenvalue weighted by Crippen LogP contribution is 2.20. The van der Waals surface area contributed by atoms with Crippen LogP contribution in [0, 0.1) is 5.92 Å². The molecule has 0 atom stereocenters. The van der Waals surface area contributed by atoms with E-state index in [4.69, 9.17) is 0 Å². The standard InChI is InChI=1S/C21H33N3O2/c1-17(25)22-14-18-10-12-23(13-11-18)16-20(26)24(21(2,3)4)15-19-8-6-5-7-9-19/h5-9,18H,10-16H2,1-4H3,(H,22,25). The first kappa shape index (κ1) is 20.4. The third kappa shape index (κ3) is 6.45. The van der Waals surface area contributed by atoms with Gasteiger partial charge < -0.3 is 10.2 Å². The number of carbonyl (C=O) groups is 2. The number of piperidine rings is 1. The number of hydrogen-bond acceptors (Lipinski definition) is 3. The van der Waals surface area contributed by atoms with Gasteiger partial charge in [0.1, 0.15) is 0 Å². The molecule has 0 aromatic heterocycles. The van der Waals surface area contributed by atoms with Crippen molar-refractivity contribution in [2.45, 2.75) is 52.6 Å². The van der Waals surface area contributed by atoms with Crippen LogP contribution in [0.2, 0.25) is 0 Å². The highest BCUT2D eigenvalue weighted by Gasteiger charge is 2.29. The second-order valence-electron chi connectivity index (χ2n) is 8.29. The maximum Gasteiger partial charge on any atom is 0.237 e. The Labute approximate surface area is 157 Å². The summed E-state index contributed by atoms with van der Waals surface area (Å²) in [6, 6.07) is 10.2. The molecule has 1 aromatic carbocycles. The number of nitrogens with zero attached hydrogens (tertiary/aromatic N) is 2. The van der Waals surface area contributed by atoms with Gasteiger partial charge in [0.05, 0.1) is 6.54 Å². The van der Waals surface area contributed by atoms with Crippen molar-refractivity contribution in [2.75, 3.05) is 26.2 Å². The van der Waals surface area contributed by atoms with Crippen LogP contribution in [0.15, 0.2) is 30.3 Å². The lowest BCUT2D eigenvalue weighted by molar-refractivity contribution is -0.138. The molecule has 1 aliphatic heterocycles. The molecule has 1 aromatic rings. The van der Waals surface area contributed by atoms with Gasteiger partial charge in [-0.2, -0.15) is 0 Å². The Bertz CT molecular complexity index is 587. The van der Waals surface area contributed by atoms with Crippen molar-refractivity contribution in [1.82, 2.24) is 15.1 Å². The van der Waals surface area contributed by atoms with Crippen molar-refractivity contribution in [3.8, 4) is 0 Å². The van der Waals surface area contributed by atoms with E-state index < -0.39 is 0 Å². The molecular weight excluding hydrogens is 326 g/mol. The number of likely N-dealkylation sites (tertiary alicyclic amines) is 1. The van der Waals surface area contributed by atoms with Gasteiger partial charge in [0, 0.05) is 25.6 Å². The number of amides is 2. The van der Waals surface area contributed by atoms with Crippen LogP contribution in [-0.2, 0) is 16.1 Å². The average Bonchev–Trinajstić information content (AvgIpc) is 2.59. The lowest BCUT2D eigenvalue weighted by Crippen LogP contribution is -2.50. The lowest BCUT2D eigenvalue weighted by atomic mass is 9.96. The van der Waals surface area contributed by atoms with Gasteiger partial charge in [-0.05, 0) is 58.2 Å². The molecule has 1 aliphatic rings. The highest BCUT2D eigenvalue weighted by molar-refractivity contribution is 5.79. The fourth-order valence-electron chi connectivity index (χ4n) is 3.38. The lowest BCUT2D eigenvalue weighted by Gasteiger charge is -2.38. The zero-order chi connectivity index (χ0) is 19.2. The van der Waals surface area contributed by atoms with E-state index in [-0.39, 0.29) is 17.4 Å². The van der Waals surface area contributed by atoms with Crippen molar-refractivity contribution < 1.29 is 9.59 Å². The van der Waals surface area contributed by atoms with Crippen LogP contribution in [0.25, 0.3) is 0 Å². The summed E-state index contributed by atoms with van der Waals surface area (Å²) < 4.78 is 0. The third-order valence-electron chi connectivity index (χ3n) is 5.00. The van der Waals surface area contributed by atoms with Crippen LogP contribution >= 0.6 is 0 Å². The number of nitrogens with one attached hydrogen (secondary N) is 1. The molecule has 5 nitrogen and oxygen atoms in total. The van der Waals surface area contributed by atoms with Gasteiger partial charge in [0.25, 0.3) is 0 Å². The second-order valence-corrected chi connectivity index (χ2v) is 8.29. The molecule has 2 amide bonds. The van der Waals surface area contributed by atoms with Crippen molar-refractivity contribution in [1.29, 1.82) is 0 Å². The van der Waals surface area contributed by atoms with Gasteiger partial charge in [0.15, 0.2) is 0 Å². The van der Waals surface area contributed by atoms with E-state index in [0.717, 1.165) is 38.0 Å². The predicted octanol–water partition coefficient (Wildman–Crippen LogP) is 2.66. The molecule has 0 saturated carbocycles. The SMILES string of the molecule is CC(=O)NCC1CCN(CC(=O)N(Cc2ccccc2)C(C)(C)C)CC1. The van der Waals surface area contributed by atoms with E-state index in [1.54, 1.807) is 6.92 Å². The Morgan fingerprint density at radius 1 is 1.15 bits per heavy atom. The quantitative estimate of drug-likeness (QED) is 0.850. The molecule has 1 heterocycles. The summed E-state index contributed by atoms with van der Waals surface area (Å²) in [5.74, 6) is 0.735. The van der Waals surface area contributed by atoms with Crippen LogP contribution in [0.5, 0.6) is 0 Å². The normalized spacial score (nSPS) is 16.3. The summed E-state index contributed by atoms with van der Waals surface area (Å²) in [6.07, 6.45) is 2.06. The molecule has 0 aliphatic carbocycles. The fraction of sp³-hybridized carbons (Fsp3) is 0.619. The van der Waals surface area contributed by atoms with Crippen molar-refractivity contribution in [2.24, 2.45) is 5.92 Å². The van der Waals surface area contributed by atoms with Crippen LogP contribution in [0.3, 0.4) is 0 Å². The molecule has 0 bridgehead atoms. The molecule has 1 saturated heterocycles. The summed E-state index contributed by atoms with van der Waals surface area (Å²) in [5.41, 5.74) is 0.946. The molecule has 0 unspecified atom stereocenters. The molecule has 1 fully saturated rings. The number of rotatable bonds is 6. The average molecular weight is 360 g/mol. The zero-order valence-electron chi connectivity index (χ0n) is 16.6. The molecule has 1 N–H and O–H groups in total. The summed E-state index contributed by atoms with van der Waals surface area (Å²) in [4.78, 5) is 28.3. The number of carbonyl (C=O) groups excluding carboxylic acids is 2. The van der Waals surface area contributed by atoms with Crippen molar-refractivity contribution >= 4 is 11.8 Å². The maximum atomic E-state index is 13.0. The largest absolute Gasteiger partial charge is 0.356 e. The van der Waals surface area contributed by atoms with Crippen LogP contribution < -0.4 is 5.32 Å². The summed E-state index contributed by atoms with van der Waals surface area (Å²) in [5, 5.41) is 2.90. The monoisotopic (exact) mass is 359 g/mol. The predicted molar refractivity (Wildman–Crippen MR) is 105 cm³/mol. The second kappa shape index (κ2) is 9.17. The zero-order valence-corrected chi connectivity index (χ0v) is 16.6. The number of benzene rings is 1. The third-order valence-corrected chi connectivity index (χ3v) is 5.00. The summed E-state index contributed by atoms with van der Waals surface area (Å²) >= 11 is 0. The smallest absolute Gasteiger partial charge is 0.237 e. The number of hydrogen-bond donors (Lipinski definition) is 1. The molecule has 2 rings (SSSR count). The summed E-state index contributed by atoms with van der Waals surface area (Å²) in [7, 11) is 0. The maximum absolute atomic E-state index is 13.0. The van der Waals surface area contributed by atoms with Crippen molar-refractivity contribution in [3.63, 3.8) is 0 Å². The van der Waals surface area contributed by atoms with Gasteiger partial charge >= 0.3 is 0 Å². The molecule has 0 radical (unpaired) electrons. The molecule has 144 valence electrons. The van der Waals surface area contributed by atoms with Gasteiger partial charge in [-0.1, -0.05) is 30.3 Å². The fourth-order valence-corrected chi connectivity index (χ4v) is 3.38. The van der Waals surface area contributed by atoms with Gasteiger partial charge in [-0.25, -0.2) is 0 Å². The summed E-state index contributed by atoms with van der Waals surface area (Å²) in [6.45, 7) is 11.5. The Hall–Kier alpha value is -1.88. The minimum Gasteiger partial charge on any atom is -0.356 e. The molecule has 26 heavy (non-hydrogen) atoms. The first-order valence-corrected chi connectivity index (χ1v) is 9.57. The van der Waals surface area contributed by atoms with E-state index in [1.165, 1.54) is 0 Å². The Kier molecular flexibility index (Phi) is 7.21. The van der Waals surface area contributed by atoms with Gasteiger partial charge in [-0.15, -0.1) is 0 Å². The highest BCUT2D eigenvalue weighted by atomic mass is 16.2. The minimum atomic E-state index is -0.212.